The number of benzene rings is 1. The highest BCUT2D eigenvalue weighted by Gasteiger charge is 2.20. The normalized spacial score (nSPS) is 11.4. The Bertz CT molecular complexity index is 723. The number of hydrogen-bond acceptors (Lipinski definition) is 6. The molecule has 1 heterocycles. The van der Waals surface area contributed by atoms with Gasteiger partial charge in [-0.1, -0.05) is 29.1 Å². The van der Waals surface area contributed by atoms with Crippen LogP contribution in [0.5, 0.6) is 0 Å². The number of nitrogens with two attached hydrogens (primary N) is 1. The zero-order valence-corrected chi connectivity index (χ0v) is 12.8. The van der Waals surface area contributed by atoms with Crippen LogP contribution in [-0.4, -0.2) is 21.0 Å². The maximum absolute atomic E-state index is 10.9. The highest BCUT2D eigenvalue weighted by Crippen LogP contribution is 2.33. The summed E-state index contributed by atoms with van der Waals surface area (Å²) in [5.74, 6) is -0.406. The van der Waals surface area contributed by atoms with Crippen molar-refractivity contribution in [2.24, 2.45) is 10.9 Å². The molecule has 0 unspecified atom stereocenters. The second kappa shape index (κ2) is 6.55. The first-order valence-corrected chi connectivity index (χ1v) is 7.19. The van der Waals surface area contributed by atoms with Gasteiger partial charge in [-0.15, -0.1) is 0 Å². The molecule has 2 aromatic rings. The van der Waals surface area contributed by atoms with Gasteiger partial charge >= 0.3 is 0 Å². The van der Waals surface area contributed by atoms with Gasteiger partial charge < -0.3 is 10.9 Å². The summed E-state index contributed by atoms with van der Waals surface area (Å²) in [5.41, 5.74) is 4.95. The van der Waals surface area contributed by atoms with Crippen molar-refractivity contribution in [2.75, 3.05) is 0 Å². The number of nitro groups is 1. The van der Waals surface area contributed by atoms with Crippen LogP contribution in [-0.2, 0) is 0 Å². The predicted octanol–water partition coefficient (Wildman–Crippen LogP) is 3.00. The van der Waals surface area contributed by atoms with Gasteiger partial charge in [0.05, 0.1) is 4.92 Å². The number of oxime groups is 1. The summed E-state index contributed by atoms with van der Waals surface area (Å²) in [5, 5.41) is 22.9. The number of pyridine rings is 1. The summed E-state index contributed by atoms with van der Waals surface area (Å²) in [6.07, 6.45) is 0. The van der Waals surface area contributed by atoms with Gasteiger partial charge in [0, 0.05) is 15.4 Å². The Morgan fingerprint density at radius 3 is 2.71 bits per heavy atom. The van der Waals surface area contributed by atoms with Crippen LogP contribution >= 0.6 is 27.7 Å². The van der Waals surface area contributed by atoms with Crippen LogP contribution in [0.15, 0.2) is 55.9 Å². The summed E-state index contributed by atoms with van der Waals surface area (Å²) in [4.78, 5) is 15.3. The van der Waals surface area contributed by atoms with Crippen molar-refractivity contribution in [1.82, 2.24) is 4.98 Å². The Morgan fingerprint density at radius 1 is 1.38 bits per heavy atom. The minimum atomic E-state index is -0.632. The molecular weight excluding hydrogens is 360 g/mol. The maximum Gasteiger partial charge on any atom is 0.298 e. The van der Waals surface area contributed by atoms with Gasteiger partial charge in [0.25, 0.3) is 5.69 Å². The molecule has 0 aliphatic rings. The minimum absolute atomic E-state index is 0.167. The van der Waals surface area contributed by atoms with Crippen molar-refractivity contribution >= 4 is 39.2 Å². The number of halogens is 1. The van der Waals surface area contributed by atoms with Crippen molar-refractivity contribution in [3.8, 4) is 0 Å². The molecule has 0 aliphatic carbocycles. The first-order valence-electron chi connectivity index (χ1n) is 5.58. The number of rotatable bonds is 4. The van der Waals surface area contributed by atoms with E-state index in [1.54, 1.807) is 0 Å². The summed E-state index contributed by atoms with van der Waals surface area (Å²) >= 11 is 4.71. The maximum atomic E-state index is 10.9. The molecule has 0 amide bonds. The molecule has 21 heavy (non-hydrogen) atoms. The lowest BCUT2D eigenvalue weighted by atomic mass is 10.3. The Kier molecular flexibility index (Phi) is 4.76. The summed E-state index contributed by atoms with van der Waals surface area (Å²) in [7, 11) is 0. The van der Waals surface area contributed by atoms with E-state index in [9.17, 15) is 10.1 Å². The molecule has 3 N–H and O–H groups in total. The SMILES string of the molecule is N/C(=N/O)c1nc(Sc2ccccc2Br)ccc1[N+](=O)[O-]. The minimum Gasteiger partial charge on any atom is -0.409 e. The molecule has 0 bridgehead atoms. The molecule has 108 valence electrons. The third-order valence-electron chi connectivity index (χ3n) is 2.45. The van der Waals surface area contributed by atoms with Crippen molar-refractivity contribution < 1.29 is 10.1 Å². The topological polar surface area (TPSA) is 115 Å². The van der Waals surface area contributed by atoms with Crippen molar-refractivity contribution in [1.29, 1.82) is 0 Å². The average molecular weight is 369 g/mol. The van der Waals surface area contributed by atoms with Crippen LogP contribution in [0, 0.1) is 10.1 Å². The fraction of sp³-hybridized carbons (Fsp3) is 0. The zero-order valence-electron chi connectivity index (χ0n) is 10.4. The molecule has 1 aromatic heterocycles. The summed E-state index contributed by atoms with van der Waals surface area (Å²) < 4.78 is 0.875. The van der Waals surface area contributed by atoms with Gasteiger partial charge in [0.2, 0.25) is 0 Å². The molecule has 0 atom stereocenters. The highest BCUT2D eigenvalue weighted by molar-refractivity contribution is 9.10. The van der Waals surface area contributed by atoms with E-state index in [1.165, 1.54) is 23.9 Å². The third kappa shape index (κ3) is 3.50. The van der Waals surface area contributed by atoms with E-state index in [-0.39, 0.29) is 11.4 Å². The van der Waals surface area contributed by atoms with E-state index in [1.807, 2.05) is 24.3 Å². The largest absolute Gasteiger partial charge is 0.409 e. The first-order chi connectivity index (χ1) is 10.0. The molecule has 9 heteroatoms. The van der Waals surface area contributed by atoms with Crippen molar-refractivity contribution in [3.63, 3.8) is 0 Å². The van der Waals surface area contributed by atoms with Crippen LogP contribution in [0.3, 0.4) is 0 Å². The van der Waals surface area contributed by atoms with E-state index in [2.05, 4.69) is 26.1 Å². The Labute approximate surface area is 132 Å². The molecule has 0 aliphatic heterocycles. The van der Waals surface area contributed by atoms with Gasteiger partial charge in [-0.3, -0.25) is 10.1 Å². The molecule has 2 rings (SSSR count). The van der Waals surface area contributed by atoms with Gasteiger partial charge in [-0.25, -0.2) is 4.98 Å². The van der Waals surface area contributed by atoms with Crippen LogP contribution in [0.25, 0.3) is 0 Å². The molecule has 0 saturated heterocycles. The van der Waals surface area contributed by atoms with Crippen LogP contribution in [0.4, 0.5) is 5.69 Å². The zero-order chi connectivity index (χ0) is 15.4. The van der Waals surface area contributed by atoms with E-state index in [0.29, 0.717) is 5.03 Å². The van der Waals surface area contributed by atoms with Crippen LogP contribution < -0.4 is 5.73 Å². The second-order valence-corrected chi connectivity index (χ2v) is 5.71. The number of amidine groups is 1. The fourth-order valence-corrected chi connectivity index (χ4v) is 2.85. The lowest BCUT2D eigenvalue weighted by Gasteiger charge is -2.05. The second-order valence-electron chi connectivity index (χ2n) is 3.79. The monoisotopic (exact) mass is 368 g/mol. The summed E-state index contributed by atoms with van der Waals surface area (Å²) in [6.45, 7) is 0. The van der Waals surface area contributed by atoms with Crippen LogP contribution in [0.1, 0.15) is 5.69 Å². The predicted molar refractivity (Wildman–Crippen MR) is 81.7 cm³/mol. The van der Waals surface area contributed by atoms with Crippen molar-refractivity contribution in [2.45, 2.75) is 9.92 Å². The summed E-state index contributed by atoms with van der Waals surface area (Å²) in [6, 6.07) is 10.3. The standard InChI is InChI=1S/C12H9BrN4O3S/c13-7-3-1-2-4-9(7)21-10-6-5-8(17(19)20)11(15-10)12(14)16-18/h1-6,18H,(H2,14,16). The number of nitrogens with zero attached hydrogens (tertiary/aromatic N) is 3. The fourth-order valence-electron chi connectivity index (χ4n) is 1.51. The molecular formula is C12H9BrN4O3S. The lowest BCUT2D eigenvalue weighted by Crippen LogP contribution is -2.17. The van der Waals surface area contributed by atoms with Crippen LogP contribution in [0.2, 0.25) is 0 Å². The molecule has 7 nitrogen and oxygen atoms in total. The third-order valence-corrected chi connectivity index (χ3v) is 4.41. The lowest BCUT2D eigenvalue weighted by molar-refractivity contribution is -0.385. The van der Waals surface area contributed by atoms with Gasteiger partial charge in [-0.05, 0) is 34.1 Å². The van der Waals surface area contributed by atoms with Gasteiger partial charge in [0.1, 0.15) is 5.03 Å². The molecule has 0 saturated carbocycles. The van der Waals surface area contributed by atoms with E-state index in [0.717, 1.165) is 9.37 Å². The Hall–Kier alpha value is -2.13. The quantitative estimate of drug-likeness (QED) is 0.282. The molecule has 0 radical (unpaired) electrons. The molecule has 1 aromatic carbocycles. The smallest absolute Gasteiger partial charge is 0.298 e. The van der Waals surface area contributed by atoms with Crippen molar-refractivity contribution in [3.05, 3.63) is 56.7 Å². The number of hydrogen-bond donors (Lipinski definition) is 2. The number of aromatic nitrogens is 1. The van der Waals surface area contributed by atoms with E-state index >= 15 is 0 Å². The highest BCUT2D eigenvalue weighted by atomic mass is 79.9. The van der Waals surface area contributed by atoms with E-state index in [4.69, 9.17) is 10.9 Å². The Morgan fingerprint density at radius 2 is 2.10 bits per heavy atom. The van der Waals surface area contributed by atoms with Gasteiger partial charge in [0.15, 0.2) is 11.5 Å². The first kappa shape index (κ1) is 15.3. The molecule has 0 spiro atoms. The Balaban J connectivity index is 2.43. The molecule has 0 fully saturated rings. The average Bonchev–Trinajstić information content (AvgIpc) is 2.48. The van der Waals surface area contributed by atoms with E-state index < -0.39 is 10.8 Å². The van der Waals surface area contributed by atoms with Gasteiger partial charge in [-0.2, -0.15) is 0 Å².